The number of ether oxygens (including phenoxy) is 2. The van der Waals surface area contributed by atoms with Gasteiger partial charge >= 0.3 is 5.97 Å². The van der Waals surface area contributed by atoms with Crippen LogP contribution in [0.5, 0.6) is 5.75 Å². The number of para-hydroxylation sites is 1. The van der Waals surface area contributed by atoms with E-state index in [9.17, 15) is 9.59 Å². The lowest BCUT2D eigenvalue weighted by molar-refractivity contribution is -0.149. The van der Waals surface area contributed by atoms with Gasteiger partial charge in [-0.1, -0.05) is 30.3 Å². The van der Waals surface area contributed by atoms with Crippen LogP contribution in [0.3, 0.4) is 0 Å². The van der Waals surface area contributed by atoms with Crippen LogP contribution in [-0.2, 0) is 29.0 Å². The minimum Gasteiger partial charge on any atom is -0.497 e. The summed E-state index contributed by atoms with van der Waals surface area (Å²) in [4.78, 5) is 37.1. The van der Waals surface area contributed by atoms with Crippen molar-refractivity contribution in [2.24, 2.45) is 5.92 Å². The summed E-state index contributed by atoms with van der Waals surface area (Å²) in [7, 11) is 1.67. The highest BCUT2D eigenvalue weighted by Gasteiger charge is 2.30. The van der Waals surface area contributed by atoms with Crippen molar-refractivity contribution in [1.29, 1.82) is 0 Å². The zero-order valence-electron chi connectivity index (χ0n) is 23.1. The summed E-state index contributed by atoms with van der Waals surface area (Å²) in [6, 6.07) is 16.3. The van der Waals surface area contributed by atoms with E-state index >= 15 is 0 Å². The summed E-state index contributed by atoms with van der Waals surface area (Å²) >= 11 is 0. The third-order valence-electron chi connectivity index (χ3n) is 7.44. The summed E-state index contributed by atoms with van der Waals surface area (Å²) in [6.07, 6.45) is 5.55. The van der Waals surface area contributed by atoms with Crippen LogP contribution in [0.2, 0.25) is 0 Å². The number of H-pyrrole nitrogens is 1. The number of carbonyl (C=O) groups is 2. The van der Waals surface area contributed by atoms with Crippen LogP contribution in [0, 0.1) is 5.92 Å². The van der Waals surface area contributed by atoms with Gasteiger partial charge < -0.3 is 23.8 Å². The molecule has 1 aliphatic rings. The molecule has 2 aromatic carbocycles. The Morgan fingerprint density at radius 3 is 2.75 bits per heavy atom. The maximum absolute atomic E-state index is 13.1. The van der Waals surface area contributed by atoms with Gasteiger partial charge in [0.25, 0.3) is 5.91 Å². The Bertz CT molecular complexity index is 1440. The second-order valence-corrected chi connectivity index (χ2v) is 10.1. The smallest absolute Gasteiger partial charge is 0.309 e. The number of aromatic amines is 1. The third kappa shape index (κ3) is 6.54. The van der Waals surface area contributed by atoms with Gasteiger partial charge in [0.15, 0.2) is 5.69 Å². The average molecular weight is 545 g/mol. The molecule has 40 heavy (non-hydrogen) atoms. The van der Waals surface area contributed by atoms with E-state index in [1.165, 1.54) is 17.2 Å². The quantitative estimate of drug-likeness (QED) is 0.270. The van der Waals surface area contributed by atoms with Gasteiger partial charge in [0.1, 0.15) is 12.0 Å². The number of nitrogens with one attached hydrogen (secondary N) is 1. The molecule has 9 heteroatoms. The van der Waals surface area contributed by atoms with Gasteiger partial charge in [-0.3, -0.25) is 14.5 Å². The highest BCUT2D eigenvalue weighted by Crippen LogP contribution is 2.22. The van der Waals surface area contributed by atoms with Crippen molar-refractivity contribution in [3.63, 3.8) is 0 Å². The average Bonchev–Trinajstić information content (AvgIpc) is 3.63. The molecule has 2 aromatic heterocycles. The lowest BCUT2D eigenvalue weighted by Crippen LogP contribution is -2.40. The van der Waals surface area contributed by atoms with E-state index in [-0.39, 0.29) is 17.8 Å². The van der Waals surface area contributed by atoms with E-state index < -0.39 is 0 Å². The predicted octanol–water partition coefficient (Wildman–Crippen LogP) is 4.82. The molecule has 4 aromatic rings. The van der Waals surface area contributed by atoms with Crippen LogP contribution in [0.25, 0.3) is 10.9 Å². The highest BCUT2D eigenvalue weighted by molar-refractivity contribution is 5.92. The number of amides is 1. The molecule has 1 fully saturated rings. The molecule has 9 nitrogen and oxygen atoms in total. The number of aromatic nitrogens is 2. The van der Waals surface area contributed by atoms with Crippen molar-refractivity contribution in [2.75, 3.05) is 33.4 Å². The Balaban J connectivity index is 1.25. The SMILES string of the molecule is CCOC(=O)C1CCN(C(=O)c2coc(CN(CCc3c[nH]c4ccccc34)Cc3cccc(OC)c3)n2)CC1. The van der Waals surface area contributed by atoms with Gasteiger partial charge in [0.2, 0.25) is 5.89 Å². The lowest BCUT2D eigenvalue weighted by atomic mass is 9.97. The number of hydrogen-bond donors (Lipinski definition) is 1. The summed E-state index contributed by atoms with van der Waals surface area (Å²) in [6.45, 7) is 5.07. The molecule has 0 unspecified atom stereocenters. The molecular weight excluding hydrogens is 508 g/mol. The first-order chi connectivity index (χ1) is 19.5. The fourth-order valence-corrected chi connectivity index (χ4v) is 5.27. The van der Waals surface area contributed by atoms with Crippen LogP contribution < -0.4 is 4.74 Å². The summed E-state index contributed by atoms with van der Waals surface area (Å²) in [5, 5.41) is 1.22. The molecule has 3 heterocycles. The fraction of sp³-hybridized carbons (Fsp3) is 0.387. The van der Waals surface area contributed by atoms with Gasteiger partial charge in [-0.25, -0.2) is 4.98 Å². The van der Waals surface area contributed by atoms with Crippen molar-refractivity contribution >= 4 is 22.8 Å². The first kappa shape index (κ1) is 27.5. The molecule has 0 bridgehead atoms. The van der Waals surface area contributed by atoms with E-state index in [1.807, 2.05) is 24.3 Å². The van der Waals surface area contributed by atoms with Crippen LogP contribution in [0.15, 0.2) is 65.4 Å². The van der Waals surface area contributed by atoms with Gasteiger partial charge in [-0.05, 0) is 55.5 Å². The largest absolute Gasteiger partial charge is 0.497 e. The van der Waals surface area contributed by atoms with Crippen LogP contribution in [0.4, 0.5) is 0 Å². The van der Waals surface area contributed by atoms with Gasteiger partial charge in [-0.15, -0.1) is 0 Å². The molecule has 1 saturated heterocycles. The van der Waals surface area contributed by atoms with E-state index in [2.05, 4.69) is 45.3 Å². The number of fused-ring (bicyclic) bond motifs is 1. The molecule has 1 aliphatic heterocycles. The molecular formula is C31H36N4O5. The number of likely N-dealkylation sites (tertiary alicyclic amines) is 1. The number of methoxy groups -OCH3 is 1. The predicted molar refractivity (Wildman–Crippen MR) is 151 cm³/mol. The van der Waals surface area contributed by atoms with Gasteiger partial charge in [-0.2, -0.15) is 0 Å². The molecule has 0 radical (unpaired) electrons. The third-order valence-corrected chi connectivity index (χ3v) is 7.44. The zero-order chi connectivity index (χ0) is 27.9. The number of esters is 1. The minimum absolute atomic E-state index is 0.154. The number of nitrogens with zero attached hydrogens (tertiary/aromatic N) is 3. The van der Waals surface area contributed by atoms with E-state index in [0.717, 1.165) is 29.8 Å². The number of carbonyl (C=O) groups excluding carboxylic acids is 2. The molecule has 0 atom stereocenters. The zero-order valence-corrected chi connectivity index (χ0v) is 23.1. The summed E-state index contributed by atoms with van der Waals surface area (Å²) in [5.74, 6) is 0.799. The number of oxazole rings is 1. The Morgan fingerprint density at radius 1 is 1.12 bits per heavy atom. The summed E-state index contributed by atoms with van der Waals surface area (Å²) < 4.78 is 16.3. The molecule has 210 valence electrons. The first-order valence-corrected chi connectivity index (χ1v) is 13.8. The molecule has 1 amide bonds. The van der Waals surface area contributed by atoms with Crippen molar-refractivity contribution in [2.45, 2.75) is 39.3 Å². The summed E-state index contributed by atoms with van der Waals surface area (Å²) in [5.41, 5.74) is 3.79. The standard InChI is InChI=1S/C31H36N4O5/c1-3-39-31(37)23-12-15-35(16-13-23)30(36)28-21-40-29(33-28)20-34(19-22-7-6-8-25(17-22)38-2)14-11-24-18-32-27-10-5-4-9-26(24)27/h4-10,17-18,21,23,32H,3,11-16,19-20H2,1-2H3. The Morgan fingerprint density at radius 2 is 1.95 bits per heavy atom. The van der Waals surface area contributed by atoms with E-state index in [1.54, 1.807) is 18.9 Å². The first-order valence-electron chi connectivity index (χ1n) is 13.8. The second-order valence-electron chi connectivity index (χ2n) is 10.1. The monoisotopic (exact) mass is 544 g/mol. The van der Waals surface area contributed by atoms with Crippen molar-refractivity contribution in [3.8, 4) is 5.75 Å². The van der Waals surface area contributed by atoms with Crippen molar-refractivity contribution < 1.29 is 23.5 Å². The van der Waals surface area contributed by atoms with Gasteiger partial charge in [0, 0.05) is 43.3 Å². The lowest BCUT2D eigenvalue weighted by Gasteiger charge is -2.30. The van der Waals surface area contributed by atoms with Crippen molar-refractivity contribution in [1.82, 2.24) is 19.8 Å². The Hall–Kier alpha value is -4.11. The maximum Gasteiger partial charge on any atom is 0.309 e. The van der Waals surface area contributed by atoms with Crippen molar-refractivity contribution in [3.05, 3.63) is 83.7 Å². The second kappa shape index (κ2) is 12.8. The Kier molecular flexibility index (Phi) is 8.81. The Labute approximate surface area is 234 Å². The molecule has 1 N–H and O–H groups in total. The fourth-order valence-electron chi connectivity index (χ4n) is 5.27. The molecule has 0 saturated carbocycles. The van der Waals surface area contributed by atoms with E-state index in [4.69, 9.17) is 13.9 Å². The number of piperidine rings is 1. The number of hydrogen-bond acceptors (Lipinski definition) is 7. The molecule has 5 rings (SSSR count). The topological polar surface area (TPSA) is 101 Å². The van der Waals surface area contributed by atoms with Gasteiger partial charge in [0.05, 0.1) is 26.2 Å². The van der Waals surface area contributed by atoms with Crippen LogP contribution in [0.1, 0.15) is 47.3 Å². The number of benzene rings is 2. The van der Waals surface area contributed by atoms with Crippen LogP contribution >= 0.6 is 0 Å². The normalized spacial score (nSPS) is 14.1. The molecule has 0 aliphatic carbocycles. The highest BCUT2D eigenvalue weighted by atomic mass is 16.5. The maximum atomic E-state index is 13.1. The number of rotatable bonds is 11. The molecule has 0 spiro atoms. The van der Waals surface area contributed by atoms with Crippen LogP contribution in [-0.4, -0.2) is 65.0 Å². The van der Waals surface area contributed by atoms with E-state index in [0.29, 0.717) is 57.2 Å². The minimum atomic E-state index is -0.179.